The lowest BCUT2D eigenvalue weighted by molar-refractivity contribution is -0.139. The third-order valence-electron chi connectivity index (χ3n) is 10.2. The highest BCUT2D eigenvalue weighted by Crippen LogP contribution is 2.33. The molecule has 3 aromatic carbocycles. The van der Waals surface area contributed by atoms with Crippen molar-refractivity contribution in [3.05, 3.63) is 99.5 Å². The van der Waals surface area contributed by atoms with Crippen molar-refractivity contribution in [2.45, 2.75) is 115 Å². The molecular formula is C47H60F5N5O9. The average Bonchev–Trinajstić information content (AvgIpc) is 3.55. The second-order valence-electron chi connectivity index (χ2n) is 15.3. The lowest BCUT2D eigenvalue weighted by Crippen LogP contribution is -2.29. The minimum absolute atomic E-state index is 0.0659. The molecule has 0 radical (unpaired) electrons. The van der Waals surface area contributed by atoms with Crippen molar-refractivity contribution in [1.29, 1.82) is 0 Å². The van der Waals surface area contributed by atoms with Crippen molar-refractivity contribution in [2.75, 3.05) is 19.7 Å². The third-order valence-corrected chi connectivity index (χ3v) is 10.2. The average molecular weight is 934 g/mol. The van der Waals surface area contributed by atoms with E-state index in [0.29, 0.717) is 97.6 Å². The third kappa shape index (κ3) is 18.8. The van der Waals surface area contributed by atoms with Crippen LogP contribution in [0.25, 0.3) is 10.9 Å². The molecule has 4 rings (SSSR count). The summed E-state index contributed by atoms with van der Waals surface area (Å²) in [6.07, 6.45) is 5.75. The van der Waals surface area contributed by atoms with E-state index in [0.717, 1.165) is 31.4 Å². The number of benzene rings is 3. The van der Waals surface area contributed by atoms with Gasteiger partial charge in [-0.1, -0.05) is 24.7 Å². The molecule has 0 aliphatic carbocycles. The van der Waals surface area contributed by atoms with Gasteiger partial charge in [-0.3, -0.25) is 19.2 Å². The minimum atomic E-state index is -1.70. The topological polar surface area (TPSA) is 267 Å². The number of carbonyl (C=O) groups is 4. The number of ether oxygens (including phenoxy) is 1. The van der Waals surface area contributed by atoms with Crippen LogP contribution in [0.5, 0.6) is 5.75 Å². The van der Waals surface area contributed by atoms with E-state index in [1.54, 1.807) is 30.3 Å². The molecule has 0 amide bonds. The van der Waals surface area contributed by atoms with Crippen LogP contribution in [0.3, 0.4) is 0 Å². The molecule has 0 aliphatic rings. The SMILES string of the molecule is Cc1c(CCCC(=O)O)c2c(F)ccc(C#Cc3ccc(OCCCCc4c(F)cc(F)c(F)c4F)cc3)c2n1CCCC(=O)O.NCCCCC(N)C(=O)O.NCCCCC(N)C(=O)O. The first-order valence-corrected chi connectivity index (χ1v) is 21.5. The van der Waals surface area contributed by atoms with Crippen LogP contribution in [0, 0.1) is 47.9 Å². The van der Waals surface area contributed by atoms with Gasteiger partial charge in [0.2, 0.25) is 0 Å². The quantitative estimate of drug-likeness (QED) is 0.0119. The van der Waals surface area contributed by atoms with Crippen molar-refractivity contribution < 1.29 is 66.3 Å². The summed E-state index contributed by atoms with van der Waals surface area (Å²) in [4.78, 5) is 42.5. The van der Waals surface area contributed by atoms with Crippen LogP contribution in [0.2, 0.25) is 0 Å². The lowest BCUT2D eigenvalue weighted by atomic mass is 10.0. The highest BCUT2D eigenvalue weighted by atomic mass is 19.2. The largest absolute Gasteiger partial charge is 0.494 e. The smallest absolute Gasteiger partial charge is 0.320 e. The number of fused-ring (bicyclic) bond motifs is 1. The lowest BCUT2D eigenvalue weighted by Gasteiger charge is -2.09. The fourth-order valence-electron chi connectivity index (χ4n) is 6.60. The highest BCUT2D eigenvalue weighted by Gasteiger charge is 2.21. The van der Waals surface area contributed by atoms with Gasteiger partial charge in [0.05, 0.1) is 12.1 Å². The van der Waals surface area contributed by atoms with E-state index in [9.17, 15) is 36.7 Å². The predicted molar refractivity (Wildman–Crippen MR) is 238 cm³/mol. The molecule has 0 saturated heterocycles. The van der Waals surface area contributed by atoms with Crippen molar-refractivity contribution in [2.24, 2.45) is 22.9 Å². The summed E-state index contributed by atoms with van der Waals surface area (Å²) < 4.78 is 76.9. The Bertz CT molecular complexity index is 2250. The summed E-state index contributed by atoms with van der Waals surface area (Å²) in [5.41, 5.74) is 23.5. The van der Waals surface area contributed by atoms with Crippen molar-refractivity contribution in [3.8, 4) is 17.6 Å². The number of hydrogen-bond donors (Lipinski definition) is 8. The van der Waals surface area contributed by atoms with Crippen LogP contribution in [-0.4, -0.2) is 80.7 Å². The monoisotopic (exact) mass is 933 g/mol. The van der Waals surface area contributed by atoms with E-state index < -0.39 is 70.6 Å². The molecule has 1 heterocycles. The van der Waals surface area contributed by atoms with Gasteiger partial charge in [-0.25, -0.2) is 22.0 Å². The van der Waals surface area contributed by atoms with E-state index in [1.807, 2.05) is 11.5 Å². The van der Waals surface area contributed by atoms with Gasteiger partial charge in [-0.05, 0) is 126 Å². The van der Waals surface area contributed by atoms with Gasteiger partial charge in [0.1, 0.15) is 29.5 Å². The van der Waals surface area contributed by atoms with E-state index in [4.69, 9.17) is 48.1 Å². The van der Waals surface area contributed by atoms with Gasteiger partial charge in [0.15, 0.2) is 17.5 Å². The molecule has 0 fully saturated rings. The molecule has 12 N–H and O–H groups in total. The number of unbranched alkanes of at least 4 members (excludes halogenated alkanes) is 3. The van der Waals surface area contributed by atoms with E-state index in [-0.39, 0.29) is 32.3 Å². The Hall–Kier alpha value is -6.07. The fraction of sp³-hybridized carbons (Fsp3) is 0.447. The second-order valence-corrected chi connectivity index (χ2v) is 15.3. The molecule has 362 valence electrons. The maximum atomic E-state index is 15.2. The Morgan fingerprint density at radius 3 is 1.76 bits per heavy atom. The Labute approximate surface area is 380 Å². The number of rotatable bonds is 24. The molecular weight excluding hydrogens is 874 g/mol. The van der Waals surface area contributed by atoms with Crippen LogP contribution >= 0.6 is 0 Å². The second kappa shape index (κ2) is 29.5. The van der Waals surface area contributed by atoms with Crippen molar-refractivity contribution in [1.82, 2.24) is 4.57 Å². The van der Waals surface area contributed by atoms with Gasteiger partial charge in [0.25, 0.3) is 0 Å². The number of aromatic nitrogens is 1. The van der Waals surface area contributed by atoms with Crippen LogP contribution in [0.15, 0.2) is 42.5 Å². The van der Waals surface area contributed by atoms with Crippen molar-refractivity contribution in [3.63, 3.8) is 0 Å². The highest BCUT2D eigenvalue weighted by molar-refractivity contribution is 5.91. The standard InChI is InChI=1S/C35H32F5NO5.2C6H14N2O2/c1-21-25(7-4-8-30(42)43)32-27(36)17-14-23(35(32)41(21)18-5-9-31(44)45)13-10-22-11-15-24(16-12-22)46-19-3-2-6-26-28(37)20-29(38)34(40)33(26)39;2*7-4-2-1-3-5(8)6(9)10/h11-12,14-17,20H,2-9,18-19H2,1H3,(H,42,43)(H,44,45);2*5H,1-4,7-8H2,(H,9,10). The Balaban J connectivity index is 0.000000619. The zero-order valence-electron chi connectivity index (χ0n) is 36.9. The number of carboxylic acid groups (broad SMARTS) is 4. The Kier molecular flexibility index (Phi) is 25.0. The summed E-state index contributed by atoms with van der Waals surface area (Å²) in [5, 5.41) is 35.2. The van der Waals surface area contributed by atoms with Crippen LogP contribution in [0.4, 0.5) is 22.0 Å². The summed E-state index contributed by atoms with van der Waals surface area (Å²) in [6, 6.07) is 8.62. The predicted octanol–water partition coefficient (Wildman–Crippen LogP) is 6.77. The molecule has 2 atom stereocenters. The first-order valence-electron chi connectivity index (χ1n) is 21.5. The van der Waals surface area contributed by atoms with E-state index in [2.05, 4.69) is 11.8 Å². The molecule has 0 aliphatic heterocycles. The molecule has 4 aromatic rings. The zero-order valence-corrected chi connectivity index (χ0v) is 36.9. The van der Waals surface area contributed by atoms with Crippen LogP contribution in [-0.2, 0) is 38.6 Å². The molecule has 66 heavy (non-hydrogen) atoms. The molecule has 0 bridgehead atoms. The molecule has 14 nitrogen and oxygen atoms in total. The molecule has 2 unspecified atom stereocenters. The number of halogens is 5. The molecule has 0 spiro atoms. The normalized spacial score (nSPS) is 11.6. The molecule has 19 heteroatoms. The summed E-state index contributed by atoms with van der Waals surface area (Å²) in [5.74, 6) is -3.46. The van der Waals surface area contributed by atoms with Gasteiger partial charge in [0, 0.05) is 53.2 Å². The maximum absolute atomic E-state index is 15.2. The first kappa shape index (κ1) is 56.1. The molecule has 1 aromatic heterocycles. The van der Waals surface area contributed by atoms with E-state index >= 15 is 4.39 Å². The number of aliphatic carboxylic acids is 4. The van der Waals surface area contributed by atoms with Gasteiger partial charge >= 0.3 is 23.9 Å². The van der Waals surface area contributed by atoms with Crippen LogP contribution < -0.4 is 27.7 Å². The fourth-order valence-corrected chi connectivity index (χ4v) is 6.60. The van der Waals surface area contributed by atoms with E-state index in [1.165, 1.54) is 6.07 Å². The number of carboxylic acids is 4. The van der Waals surface area contributed by atoms with Gasteiger partial charge in [-0.2, -0.15) is 0 Å². The van der Waals surface area contributed by atoms with Gasteiger partial charge < -0.3 is 52.7 Å². The maximum Gasteiger partial charge on any atom is 0.320 e. The number of nitrogens with zero attached hydrogens (tertiary/aromatic N) is 1. The summed E-state index contributed by atoms with van der Waals surface area (Å²) in [6.45, 7) is 3.56. The Morgan fingerprint density at radius 1 is 0.652 bits per heavy atom. The first-order chi connectivity index (χ1) is 31.3. The van der Waals surface area contributed by atoms with Crippen LogP contribution in [0.1, 0.15) is 105 Å². The van der Waals surface area contributed by atoms with Crippen molar-refractivity contribution >= 4 is 34.8 Å². The minimum Gasteiger partial charge on any atom is -0.494 e. The zero-order chi connectivity index (χ0) is 49.3. The summed E-state index contributed by atoms with van der Waals surface area (Å²) in [7, 11) is 0. The number of nitrogens with two attached hydrogens (primary N) is 4. The van der Waals surface area contributed by atoms with Gasteiger partial charge in [-0.15, -0.1) is 0 Å². The number of aryl methyl sites for hydroxylation is 2. The number of hydrogen-bond acceptors (Lipinski definition) is 9. The summed E-state index contributed by atoms with van der Waals surface area (Å²) >= 11 is 0. The Morgan fingerprint density at radius 2 is 1.21 bits per heavy atom. The molecule has 0 saturated carbocycles.